The maximum Gasteiger partial charge on any atom is 0.416 e. The zero-order valence-electron chi connectivity index (χ0n) is 15.2. The summed E-state index contributed by atoms with van der Waals surface area (Å²) in [5.74, 6) is -0.931. The van der Waals surface area contributed by atoms with Crippen molar-refractivity contribution in [2.24, 2.45) is 5.92 Å². The molecule has 1 aliphatic rings. The van der Waals surface area contributed by atoms with Gasteiger partial charge in [0.2, 0.25) is 0 Å². The number of halogens is 3. The molecule has 0 saturated carbocycles. The SMILES string of the molecule is CC(C)(C)OC(=O)N1CCCC(C(C=O)c2cccc(C(F)(F)F)c2)C1. The number of nitrogens with zero attached hydrogens (tertiary/aromatic N) is 1. The van der Waals surface area contributed by atoms with Crippen molar-refractivity contribution in [3.63, 3.8) is 0 Å². The Kier molecular flexibility index (Phi) is 5.98. The summed E-state index contributed by atoms with van der Waals surface area (Å²) in [6, 6.07) is 4.84. The molecule has 2 rings (SSSR count). The Bertz CT molecular complexity index is 652. The molecule has 1 fully saturated rings. The van der Waals surface area contributed by atoms with Crippen LogP contribution in [-0.2, 0) is 15.7 Å². The Morgan fingerprint density at radius 2 is 2.00 bits per heavy atom. The molecular weight excluding hydrogens is 347 g/mol. The molecule has 1 amide bonds. The van der Waals surface area contributed by atoms with Gasteiger partial charge in [0.25, 0.3) is 0 Å². The highest BCUT2D eigenvalue weighted by atomic mass is 19.4. The Morgan fingerprint density at radius 3 is 2.58 bits per heavy atom. The van der Waals surface area contributed by atoms with Crippen LogP contribution in [0.5, 0.6) is 0 Å². The fourth-order valence-electron chi connectivity index (χ4n) is 3.18. The molecule has 0 N–H and O–H groups in total. The summed E-state index contributed by atoms with van der Waals surface area (Å²) in [5.41, 5.74) is -1.08. The van der Waals surface area contributed by atoms with Gasteiger partial charge < -0.3 is 14.4 Å². The second-order valence-corrected chi connectivity index (χ2v) is 7.61. The highest BCUT2D eigenvalue weighted by Crippen LogP contribution is 2.35. The van der Waals surface area contributed by atoms with Crippen LogP contribution in [-0.4, -0.2) is 36.0 Å². The Labute approximate surface area is 151 Å². The molecule has 1 saturated heterocycles. The number of amides is 1. The average molecular weight is 371 g/mol. The van der Waals surface area contributed by atoms with Crippen molar-refractivity contribution < 1.29 is 27.5 Å². The maximum absolute atomic E-state index is 12.9. The van der Waals surface area contributed by atoms with E-state index < -0.39 is 29.4 Å². The summed E-state index contributed by atoms with van der Waals surface area (Å²) in [7, 11) is 0. The highest BCUT2D eigenvalue weighted by molar-refractivity contribution is 5.69. The molecule has 1 heterocycles. The van der Waals surface area contributed by atoms with E-state index in [1.165, 1.54) is 17.0 Å². The minimum Gasteiger partial charge on any atom is -0.444 e. The van der Waals surface area contributed by atoms with Gasteiger partial charge in [-0.15, -0.1) is 0 Å². The lowest BCUT2D eigenvalue weighted by molar-refractivity contribution is -0.137. The summed E-state index contributed by atoms with van der Waals surface area (Å²) in [6.07, 6.45) is -2.90. The van der Waals surface area contributed by atoms with E-state index in [0.717, 1.165) is 12.1 Å². The molecule has 1 aliphatic heterocycles. The van der Waals surface area contributed by atoms with Crippen LogP contribution in [0.2, 0.25) is 0 Å². The van der Waals surface area contributed by atoms with Crippen LogP contribution in [0.25, 0.3) is 0 Å². The smallest absolute Gasteiger partial charge is 0.416 e. The minimum absolute atomic E-state index is 0.239. The van der Waals surface area contributed by atoms with Crippen molar-refractivity contribution in [1.82, 2.24) is 4.90 Å². The van der Waals surface area contributed by atoms with E-state index in [0.29, 0.717) is 31.2 Å². The topological polar surface area (TPSA) is 46.6 Å². The van der Waals surface area contributed by atoms with Crippen LogP contribution in [0.1, 0.15) is 50.7 Å². The highest BCUT2D eigenvalue weighted by Gasteiger charge is 2.34. The van der Waals surface area contributed by atoms with Gasteiger partial charge in [0.1, 0.15) is 11.9 Å². The summed E-state index contributed by atoms with van der Waals surface area (Å²) in [5, 5.41) is 0. The first-order chi connectivity index (χ1) is 12.0. The van der Waals surface area contributed by atoms with Crippen molar-refractivity contribution >= 4 is 12.4 Å². The predicted octanol–water partition coefficient (Wildman–Crippen LogP) is 4.64. The summed E-state index contributed by atoms with van der Waals surface area (Å²) >= 11 is 0. The Morgan fingerprint density at radius 1 is 1.31 bits per heavy atom. The van der Waals surface area contributed by atoms with Gasteiger partial charge in [-0.2, -0.15) is 13.2 Å². The van der Waals surface area contributed by atoms with E-state index in [-0.39, 0.29) is 12.5 Å². The fraction of sp³-hybridized carbons (Fsp3) is 0.579. The quantitative estimate of drug-likeness (QED) is 0.728. The van der Waals surface area contributed by atoms with Gasteiger partial charge in [0, 0.05) is 19.0 Å². The first kappa shape index (κ1) is 20.3. The number of benzene rings is 1. The van der Waals surface area contributed by atoms with E-state index >= 15 is 0 Å². The molecule has 0 radical (unpaired) electrons. The van der Waals surface area contributed by atoms with Gasteiger partial charge >= 0.3 is 12.3 Å². The molecule has 26 heavy (non-hydrogen) atoms. The zero-order chi connectivity index (χ0) is 19.5. The number of hydrogen-bond acceptors (Lipinski definition) is 3. The molecule has 0 aliphatic carbocycles. The third-order valence-electron chi connectivity index (χ3n) is 4.36. The molecule has 0 spiro atoms. The van der Waals surface area contributed by atoms with E-state index in [1.807, 2.05) is 0 Å². The first-order valence-corrected chi connectivity index (χ1v) is 8.61. The molecule has 1 aromatic rings. The van der Waals surface area contributed by atoms with Crippen molar-refractivity contribution in [2.45, 2.75) is 51.3 Å². The van der Waals surface area contributed by atoms with Crippen LogP contribution >= 0.6 is 0 Å². The zero-order valence-corrected chi connectivity index (χ0v) is 15.2. The standard InChI is InChI=1S/C19H24F3NO3/c1-18(2,3)26-17(25)23-9-5-7-14(11-23)16(12-24)13-6-4-8-15(10-13)19(20,21)22/h4,6,8,10,12,14,16H,5,7,9,11H2,1-3H3. The third kappa shape index (κ3) is 5.22. The second-order valence-electron chi connectivity index (χ2n) is 7.61. The number of piperidine rings is 1. The Hall–Kier alpha value is -2.05. The molecule has 4 nitrogen and oxygen atoms in total. The van der Waals surface area contributed by atoms with Crippen molar-refractivity contribution in [3.05, 3.63) is 35.4 Å². The first-order valence-electron chi connectivity index (χ1n) is 8.61. The summed E-state index contributed by atoms with van der Waals surface area (Å²) in [6.45, 7) is 6.10. The van der Waals surface area contributed by atoms with Gasteiger partial charge in [-0.05, 0) is 51.2 Å². The number of rotatable bonds is 3. The lowest BCUT2D eigenvalue weighted by Gasteiger charge is -2.36. The molecular formula is C19H24F3NO3. The number of alkyl halides is 3. The minimum atomic E-state index is -4.46. The molecule has 0 aromatic heterocycles. The molecule has 7 heteroatoms. The Balaban J connectivity index is 2.17. The van der Waals surface area contributed by atoms with Gasteiger partial charge in [-0.1, -0.05) is 18.2 Å². The number of carbonyl (C=O) groups is 2. The number of likely N-dealkylation sites (tertiary alicyclic amines) is 1. The van der Waals surface area contributed by atoms with Crippen LogP contribution in [0.3, 0.4) is 0 Å². The van der Waals surface area contributed by atoms with Crippen molar-refractivity contribution in [3.8, 4) is 0 Å². The molecule has 2 unspecified atom stereocenters. The lowest BCUT2D eigenvalue weighted by Crippen LogP contribution is -2.44. The van der Waals surface area contributed by atoms with Crippen molar-refractivity contribution in [1.29, 1.82) is 0 Å². The van der Waals surface area contributed by atoms with Gasteiger partial charge in [0.15, 0.2) is 0 Å². The maximum atomic E-state index is 12.9. The molecule has 1 aromatic carbocycles. The fourth-order valence-corrected chi connectivity index (χ4v) is 3.18. The number of ether oxygens (including phenoxy) is 1. The predicted molar refractivity (Wildman–Crippen MR) is 90.8 cm³/mol. The largest absolute Gasteiger partial charge is 0.444 e. The normalized spacial score (nSPS) is 19.8. The molecule has 144 valence electrons. The van der Waals surface area contributed by atoms with Crippen LogP contribution in [0.15, 0.2) is 24.3 Å². The van der Waals surface area contributed by atoms with Gasteiger partial charge in [-0.25, -0.2) is 4.79 Å². The van der Waals surface area contributed by atoms with E-state index in [4.69, 9.17) is 4.74 Å². The monoisotopic (exact) mass is 371 g/mol. The number of hydrogen-bond donors (Lipinski definition) is 0. The van der Waals surface area contributed by atoms with E-state index in [9.17, 15) is 22.8 Å². The van der Waals surface area contributed by atoms with E-state index in [2.05, 4.69) is 0 Å². The third-order valence-corrected chi connectivity index (χ3v) is 4.36. The molecule has 0 bridgehead atoms. The van der Waals surface area contributed by atoms with Gasteiger partial charge in [-0.3, -0.25) is 0 Å². The van der Waals surface area contributed by atoms with Crippen LogP contribution in [0, 0.1) is 5.92 Å². The van der Waals surface area contributed by atoms with Gasteiger partial charge in [0.05, 0.1) is 5.56 Å². The lowest BCUT2D eigenvalue weighted by atomic mass is 9.81. The average Bonchev–Trinajstić information content (AvgIpc) is 2.54. The van der Waals surface area contributed by atoms with E-state index in [1.54, 1.807) is 20.8 Å². The van der Waals surface area contributed by atoms with Crippen molar-refractivity contribution in [2.75, 3.05) is 13.1 Å². The van der Waals surface area contributed by atoms with Crippen LogP contribution < -0.4 is 0 Å². The molecule has 2 atom stereocenters. The van der Waals surface area contributed by atoms with Crippen LogP contribution in [0.4, 0.5) is 18.0 Å². The summed E-state index contributed by atoms with van der Waals surface area (Å²) < 4.78 is 44.2. The number of aldehydes is 1. The number of carbonyl (C=O) groups excluding carboxylic acids is 2. The second kappa shape index (κ2) is 7.68. The summed E-state index contributed by atoms with van der Waals surface area (Å²) in [4.78, 5) is 25.4.